The Hall–Kier alpha value is -2.50. The topological polar surface area (TPSA) is 58.1 Å². The Morgan fingerprint density at radius 3 is 2.68 bits per heavy atom. The molecule has 1 saturated heterocycles. The first kappa shape index (κ1) is 14.4. The predicted octanol–water partition coefficient (Wildman–Crippen LogP) is 1.87. The van der Waals surface area contributed by atoms with E-state index < -0.39 is 0 Å². The molecule has 0 atom stereocenters. The van der Waals surface area contributed by atoms with Crippen LogP contribution in [0.2, 0.25) is 0 Å². The van der Waals surface area contributed by atoms with Gasteiger partial charge in [-0.1, -0.05) is 18.2 Å². The molecule has 1 aliphatic heterocycles. The number of rotatable bonds is 5. The zero-order chi connectivity index (χ0) is 15.4. The minimum Gasteiger partial charge on any atom is -0.348 e. The molecular formula is C16H17FN4O. The number of carbonyl (C=O) groups excluding carboxylic acids is 1. The number of aromatic nitrogens is 2. The highest BCUT2D eigenvalue weighted by Crippen LogP contribution is 2.15. The summed E-state index contributed by atoms with van der Waals surface area (Å²) in [6.07, 6.45) is 4.11. The maximum Gasteiger partial charge on any atom is 0.223 e. The molecule has 6 heteroatoms. The Morgan fingerprint density at radius 2 is 1.95 bits per heavy atom. The Morgan fingerprint density at radius 1 is 1.23 bits per heavy atom. The lowest BCUT2D eigenvalue weighted by molar-refractivity contribution is -0.135. The van der Waals surface area contributed by atoms with Crippen LogP contribution in [0.5, 0.6) is 0 Å². The Balaban J connectivity index is 1.43. The number of hydrogen-bond acceptors (Lipinski definition) is 4. The average Bonchev–Trinajstić information content (AvgIpc) is 2.50. The van der Waals surface area contributed by atoms with Gasteiger partial charge in [-0.2, -0.15) is 0 Å². The van der Waals surface area contributed by atoms with Gasteiger partial charge in [-0.3, -0.25) is 4.79 Å². The van der Waals surface area contributed by atoms with Crippen LogP contribution in [0.1, 0.15) is 12.0 Å². The molecule has 1 amide bonds. The second-order valence-corrected chi connectivity index (χ2v) is 5.30. The van der Waals surface area contributed by atoms with Crippen molar-refractivity contribution in [1.29, 1.82) is 0 Å². The predicted molar refractivity (Wildman–Crippen MR) is 80.7 cm³/mol. The molecule has 0 saturated carbocycles. The van der Waals surface area contributed by atoms with Crippen molar-refractivity contribution in [3.05, 3.63) is 54.1 Å². The first-order valence-electron chi connectivity index (χ1n) is 7.27. The monoisotopic (exact) mass is 300 g/mol. The molecule has 3 rings (SSSR count). The van der Waals surface area contributed by atoms with Crippen LogP contribution in [-0.4, -0.2) is 39.9 Å². The van der Waals surface area contributed by atoms with Crippen molar-refractivity contribution < 1.29 is 9.18 Å². The van der Waals surface area contributed by atoms with E-state index in [-0.39, 0.29) is 17.8 Å². The number of benzene rings is 1. The highest BCUT2D eigenvalue weighted by atomic mass is 19.1. The number of anilines is 1. The number of halogens is 1. The molecule has 0 spiro atoms. The average molecular weight is 300 g/mol. The van der Waals surface area contributed by atoms with Gasteiger partial charge in [0.15, 0.2) is 0 Å². The third-order valence-corrected chi connectivity index (χ3v) is 3.70. The molecular weight excluding hydrogens is 283 g/mol. The molecule has 0 radical (unpaired) electrons. The summed E-state index contributed by atoms with van der Waals surface area (Å²) in [6, 6.07) is 8.51. The van der Waals surface area contributed by atoms with Gasteiger partial charge in [-0.15, -0.1) is 0 Å². The van der Waals surface area contributed by atoms with Crippen LogP contribution in [0.4, 0.5) is 10.3 Å². The molecule has 2 aromatic rings. The van der Waals surface area contributed by atoms with Crippen molar-refractivity contribution in [2.75, 3.05) is 18.4 Å². The van der Waals surface area contributed by atoms with E-state index in [2.05, 4.69) is 15.3 Å². The van der Waals surface area contributed by atoms with Crippen LogP contribution in [0.15, 0.2) is 42.7 Å². The standard InChI is InChI=1S/C16H17FN4O/c17-14-5-2-1-4-12(14)6-7-15(22)21-10-13(11-21)20-16-18-8-3-9-19-16/h1-5,8-9,13H,6-7,10-11H2,(H,18,19,20). The van der Waals surface area contributed by atoms with Crippen LogP contribution in [0.25, 0.3) is 0 Å². The van der Waals surface area contributed by atoms with Crippen molar-refractivity contribution in [2.45, 2.75) is 18.9 Å². The minimum atomic E-state index is -0.250. The summed E-state index contributed by atoms with van der Waals surface area (Å²) in [7, 11) is 0. The molecule has 1 fully saturated rings. The highest BCUT2D eigenvalue weighted by molar-refractivity contribution is 5.77. The summed E-state index contributed by atoms with van der Waals surface area (Å²) in [4.78, 5) is 22.0. The fourth-order valence-corrected chi connectivity index (χ4v) is 2.43. The maximum absolute atomic E-state index is 13.5. The van der Waals surface area contributed by atoms with Crippen LogP contribution in [0.3, 0.4) is 0 Å². The molecule has 0 aliphatic carbocycles. The number of nitrogens with one attached hydrogen (secondary N) is 1. The van der Waals surface area contributed by atoms with Crippen molar-refractivity contribution in [2.24, 2.45) is 0 Å². The van der Waals surface area contributed by atoms with Crippen molar-refractivity contribution in [3.8, 4) is 0 Å². The molecule has 22 heavy (non-hydrogen) atoms. The Kier molecular flexibility index (Phi) is 4.27. The molecule has 1 aromatic heterocycles. The maximum atomic E-state index is 13.5. The van der Waals surface area contributed by atoms with Gasteiger partial charge in [-0.05, 0) is 24.1 Å². The summed E-state index contributed by atoms with van der Waals surface area (Å²) >= 11 is 0. The second-order valence-electron chi connectivity index (χ2n) is 5.30. The Bertz CT molecular complexity index is 644. The number of aryl methyl sites for hydroxylation is 1. The lowest BCUT2D eigenvalue weighted by Crippen LogP contribution is -2.57. The van der Waals surface area contributed by atoms with E-state index >= 15 is 0 Å². The normalized spacial score (nSPS) is 14.5. The zero-order valence-corrected chi connectivity index (χ0v) is 12.1. The summed E-state index contributed by atoms with van der Waals surface area (Å²) in [5, 5.41) is 3.17. The zero-order valence-electron chi connectivity index (χ0n) is 12.1. The van der Waals surface area contributed by atoms with E-state index in [9.17, 15) is 9.18 Å². The molecule has 2 heterocycles. The van der Waals surface area contributed by atoms with E-state index in [0.717, 1.165) is 0 Å². The second kappa shape index (κ2) is 6.51. The molecule has 1 aromatic carbocycles. The number of amides is 1. The van der Waals surface area contributed by atoms with Gasteiger partial charge in [0.25, 0.3) is 0 Å². The van der Waals surface area contributed by atoms with E-state index in [4.69, 9.17) is 0 Å². The number of carbonyl (C=O) groups is 1. The van der Waals surface area contributed by atoms with Gasteiger partial charge in [0.2, 0.25) is 11.9 Å². The first-order chi connectivity index (χ1) is 10.7. The minimum absolute atomic E-state index is 0.0512. The van der Waals surface area contributed by atoms with Crippen molar-refractivity contribution in [3.63, 3.8) is 0 Å². The molecule has 5 nitrogen and oxygen atoms in total. The van der Waals surface area contributed by atoms with E-state index in [1.165, 1.54) is 6.07 Å². The molecule has 114 valence electrons. The summed E-state index contributed by atoms with van der Waals surface area (Å²) in [5.41, 5.74) is 0.587. The third-order valence-electron chi connectivity index (χ3n) is 3.70. The number of hydrogen-bond donors (Lipinski definition) is 1. The lowest BCUT2D eigenvalue weighted by Gasteiger charge is -2.39. The SMILES string of the molecule is O=C(CCc1ccccc1F)N1CC(Nc2ncccn2)C1. The van der Waals surface area contributed by atoms with Gasteiger partial charge in [0, 0.05) is 31.9 Å². The van der Waals surface area contributed by atoms with Crippen LogP contribution in [0, 0.1) is 5.82 Å². The van der Waals surface area contributed by atoms with Crippen molar-refractivity contribution in [1.82, 2.24) is 14.9 Å². The van der Waals surface area contributed by atoms with Crippen LogP contribution in [-0.2, 0) is 11.2 Å². The fraction of sp³-hybridized carbons (Fsp3) is 0.312. The van der Waals surface area contributed by atoms with Gasteiger partial charge >= 0.3 is 0 Å². The van der Waals surface area contributed by atoms with Gasteiger partial charge in [-0.25, -0.2) is 14.4 Å². The fourth-order valence-electron chi connectivity index (χ4n) is 2.43. The van der Waals surface area contributed by atoms with Gasteiger partial charge in [0.1, 0.15) is 5.82 Å². The summed E-state index contributed by atoms with van der Waals surface area (Å²) < 4.78 is 13.5. The molecule has 1 N–H and O–H groups in total. The van der Waals surface area contributed by atoms with E-state index in [0.29, 0.717) is 37.4 Å². The third kappa shape index (κ3) is 3.39. The van der Waals surface area contributed by atoms with Crippen LogP contribution >= 0.6 is 0 Å². The van der Waals surface area contributed by atoms with E-state index in [1.54, 1.807) is 41.6 Å². The van der Waals surface area contributed by atoms with E-state index in [1.807, 2.05) is 0 Å². The molecule has 0 unspecified atom stereocenters. The molecule has 1 aliphatic rings. The smallest absolute Gasteiger partial charge is 0.223 e. The van der Waals surface area contributed by atoms with Crippen LogP contribution < -0.4 is 5.32 Å². The quantitative estimate of drug-likeness (QED) is 0.916. The number of nitrogens with zero attached hydrogens (tertiary/aromatic N) is 3. The van der Waals surface area contributed by atoms with Gasteiger partial charge < -0.3 is 10.2 Å². The lowest BCUT2D eigenvalue weighted by atomic mass is 10.1. The van der Waals surface area contributed by atoms with Crippen molar-refractivity contribution >= 4 is 11.9 Å². The highest BCUT2D eigenvalue weighted by Gasteiger charge is 2.30. The Labute approximate surface area is 128 Å². The number of likely N-dealkylation sites (tertiary alicyclic amines) is 1. The molecule has 0 bridgehead atoms. The largest absolute Gasteiger partial charge is 0.348 e. The van der Waals surface area contributed by atoms with Gasteiger partial charge in [0.05, 0.1) is 6.04 Å². The summed E-state index contributed by atoms with van der Waals surface area (Å²) in [5.74, 6) is 0.376. The summed E-state index contributed by atoms with van der Waals surface area (Å²) in [6.45, 7) is 1.27. The first-order valence-corrected chi connectivity index (χ1v) is 7.27.